The fraction of sp³-hybridized carbons (Fsp3) is 0.417. The van der Waals surface area contributed by atoms with E-state index in [2.05, 4.69) is 34.3 Å². The number of aliphatic hydroxyl groups excluding tert-OH is 1. The van der Waals surface area contributed by atoms with Gasteiger partial charge in [0.15, 0.2) is 5.13 Å². The molecule has 2 heterocycles. The van der Waals surface area contributed by atoms with E-state index >= 15 is 0 Å². The SMILES string of the molecule is CCN(Cc1cccs1)c1ncc(C(C)O)s1. The van der Waals surface area contributed by atoms with Crippen LogP contribution >= 0.6 is 22.7 Å². The van der Waals surface area contributed by atoms with Crippen molar-refractivity contribution in [3.05, 3.63) is 33.5 Å². The highest BCUT2D eigenvalue weighted by atomic mass is 32.1. The van der Waals surface area contributed by atoms with E-state index in [4.69, 9.17) is 0 Å². The number of thiazole rings is 1. The lowest BCUT2D eigenvalue weighted by Crippen LogP contribution is -2.21. The van der Waals surface area contributed by atoms with E-state index in [9.17, 15) is 5.11 Å². The quantitative estimate of drug-likeness (QED) is 0.904. The molecule has 3 nitrogen and oxygen atoms in total. The van der Waals surface area contributed by atoms with E-state index in [0.29, 0.717) is 0 Å². The van der Waals surface area contributed by atoms with Gasteiger partial charge in [0.05, 0.1) is 17.5 Å². The molecular weight excluding hydrogens is 252 g/mol. The van der Waals surface area contributed by atoms with Crippen molar-refractivity contribution >= 4 is 27.8 Å². The van der Waals surface area contributed by atoms with Crippen molar-refractivity contribution in [1.29, 1.82) is 0 Å². The molecule has 0 radical (unpaired) electrons. The summed E-state index contributed by atoms with van der Waals surface area (Å²) in [5.74, 6) is 0. The minimum absolute atomic E-state index is 0.429. The van der Waals surface area contributed by atoms with Gasteiger partial charge < -0.3 is 10.0 Å². The highest BCUT2D eigenvalue weighted by molar-refractivity contribution is 7.15. The maximum absolute atomic E-state index is 9.50. The van der Waals surface area contributed by atoms with Crippen molar-refractivity contribution in [3.8, 4) is 0 Å². The Labute approximate surface area is 109 Å². The lowest BCUT2D eigenvalue weighted by molar-refractivity contribution is 0.203. The molecule has 2 aromatic rings. The van der Waals surface area contributed by atoms with Crippen molar-refractivity contribution < 1.29 is 5.11 Å². The number of hydrogen-bond acceptors (Lipinski definition) is 5. The van der Waals surface area contributed by atoms with Crippen LogP contribution in [0.1, 0.15) is 29.7 Å². The molecule has 0 aromatic carbocycles. The summed E-state index contributed by atoms with van der Waals surface area (Å²) in [6.45, 7) is 5.70. The van der Waals surface area contributed by atoms with Gasteiger partial charge in [-0.05, 0) is 25.3 Å². The minimum atomic E-state index is -0.429. The Bertz CT molecular complexity index is 451. The zero-order valence-corrected chi connectivity index (χ0v) is 11.6. The number of aromatic nitrogens is 1. The van der Waals surface area contributed by atoms with Crippen molar-refractivity contribution in [1.82, 2.24) is 4.98 Å². The average Bonchev–Trinajstić information content (AvgIpc) is 2.96. The van der Waals surface area contributed by atoms with Crippen LogP contribution in [0.3, 0.4) is 0 Å². The van der Waals surface area contributed by atoms with Gasteiger partial charge in [-0.3, -0.25) is 0 Å². The van der Waals surface area contributed by atoms with Gasteiger partial charge >= 0.3 is 0 Å². The molecule has 0 fully saturated rings. The third-order valence-corrected chi connectivity index (χ3v) is 4.59. The second kappa shape index (κ2) is 5.62. The Morgan fingerprint density at radius 2 is 2.35 bits per heavy atom. The molecule has 1 unspecified atom stereocenters. The van der Waals surface area contributed by atoms with Crippen molar-refractivity contribution in [3.63, 3.8) is 0 Å². The van der Waals surface area contributed by atoms with E-state index in [-0.39, 0.29) is 0 Å². The number of nitrogens with zero attached hydrogens (tertiary/aromatic N) is 2. The molecule has 92 valence electrons. The first-order valence-electron chi connectivity index (χ1n) is 5.61. The Morgan fingerprint density at radius 1 is 1.53 bits per heavy atom. The Morgan fingerprint density at radius 3 is 2.88 bits per heavy atom. The normalized spacial score (nSPS) is 12.6. The van der Waals surface area contributed by atoms with Gasteiger partial charge in [0.1, 0.15) is 0 Å². The first-order valence-corrected chi connectivity index (χ1v) is 7.31. The largest absolute Gasteiger partial charge is 0.388 e. The molecule has 2 aromatic heterocycles. The maximum atomic E-state index is 9.50. The summed E-state index contributed by atoms with van der Waals surface area (Å²) in [5.41, 5.74) is 0. The first kappa shape index (κ1) is 12.5. The highest BCUT2D eigenvalue weighted by Gasteiger charge is 2.12. The topological polar surface area (TPSA) is 36.4 Å². The van der Waals surface area contributed by atoms with Crippen LogP contribution in [0.15, 0.2) is 23.7 Å². The molecule has 0 aliphatic carbocycles. The summed E-state index contributed by atoms with van der Waals surface area (Å²) >= 11 is 3.33. The van der Waals surface area contributed by atoms with Gasteiger partial charge in [-0.2, -0.15) is 0 Å². The van der Waals surface area contributed by atoms with Crippen molar-refractivity contribution in [2.75, 3.05) is 11.4 Å². The molecule has 0 aliphatic rings. The highest BCUT2D eigenvalue weighted by Crippen LogP contribution is 2.28. The van der Waals surface area contributed by atoms with Gasteiger partial charge in [-0.15, -0.1) is 11.3 Å². The molecule has 0 amide bonds. The van der Waals surface area contributed by atoms with Crippen LogP contribution < -0.4 is 4.90 Å². The third-order valence-electron chi connectivity index (χ3n) is 2.50. The smallest absolute Gasteiger partial charge is 0.185 e. The second-order valence-corrected chi connectivity index (χ2v) is 5.89. The first-order chi connectivity index (χ1) is 8.20. The number of thiophene rings is 1. The van der Waals surface area contributed by atoms with Crippen molar-refractivity contribution in [2.45, 2.75) is 26.5 Å². The molecule has 5 heteroatoms. The molecule has 0 saturated heterocycles. The predicted molar refractivity (Wildman–Crippen MR) is 73.8 cm³/mol. The van der Waals surface area contributed by atoms with E-state index in [1.54, 1.807) is 35.8 Å². The van der Waals surface area contributed by atoms with E-state index in [1.165, 1.54) is 4.88 Å². The predicted octanol–water partition coefficient (Wildman–Crippen LogP) is 3.28. The Hall–Kier alpha value is -0.910. The number of hydrogen-bond donors (Lipinski definition) is 1. The fourth-order valence-electron chi connectivity index (χ4n) is 1.52. The maximum Gasteiger partial charge on any atom is 0.185 e. The lowest BCUT2D eigenvalue weighted by atomic mass is 10.4. The van der Waals surface area contributed by atoms with Gasteiger partial charge in [-0.1, -0.05) is 17.4 Å². The van der Waals surface area contributed by atoms with E-state index in [0.717, 1.165) is 23.1 Å². The van der Waals surface area contributed by atoms with Crippen LogP contribution in [0, 0.1) is 0 Å². The second-order valence-electron chi connectivity index (χ2n) is 3.81. The molecule has 2 rings (SSSR count). The summed E-state index contributed by atoms with van der Waals surface area (Å²) in [6.07, 6.45) is 1.34. The molecule has 17 heavy (non-hydrogen) atoms. The van der Waals surface area contributed by atoms with Crippen LogP contribution in [-0.4, -0.2) is 16.6 Å². The molecular formula is C12H16N2OS2. The molecule has 0 saturated carbocycles. The molecule has 1 atom stereocenters. The Kier molecular flexibility index (Phi) is 4.15. The van der Waals surface area contributed by atoms with E-state index in [1.807, 2.05) is 0 Å². The monoisotopic (exact) mass is 268 g/mol. The van der Waals surface area contributed by atoms with Crippen LogP contribution in [-0.2, 0) is 6.54 Å². The molecule has 1 N–H and O–H groups in total. The number of anilines is 1. The number of rotatable bonds is 5. The standard InChI is InChI=1S/C12H16N2OS2/c1-3-14(8-10-5-4-6-16-10)12-13-7-11(17-12)9(2)15/h4-7,9,15H,3,8H2,1-2H3. The van der Waals surface area contributed by atoms with Gasteiger partial charge in [0.2, 0.25) is 0 Å². The average molecular weight is 268 g/mol. The summed E-state index contributed by atoms with van der Waals surface area (Å²) in [6, 6.07) is 4.20. The van der Waals surface area contributed by atoms with Crippen LogP contribution in [0.4, 0.5) is 5.13 Å². The molecule has 0 bridgehead atoms. The van der Waals surface area contributed by atoms with E-state index < -0.39 is 6.10 Å². The summed E-state index contributed by atoms with van der Waals surface area (Å²) in [4.78, 5) is 8.86. The van der Waals surface area contributed by atoms with Gasteiger partial charge in [-0.25, -0.2) is 4.98 Å². The number of aliphatic hydroxyl groups is 1. The lowest BCUT2D eigenvalue weighted by Gasteiger charge is -2.18. The van der Waals surface area contributed by atoms with Gasteiger partial charge in [0, 0.05) is 17.6 Å². The van der Waals surface area contributed by atoms with Crippen LogP contribution in [0.2, 0.25) is 0 Å². The van der Waals surface area contributed by atoms with Crippen LogP contribution in [0.5, 0.6) is 0 Å². The summed E-state index contributed by atoms with van der Waals surface area (Å²) in [7, 11) is 0. The van der Waals surface area contributed by atoms with Crippen LogP contribution in [0.25, 0.3) is 0 Å². The third kappa shape index (κ3) is 3.06. The molecule has 0 aliphatic heterocycles. The fourth-order valence-corrected chi connectivity index (χ4v) is 3.16. The van der Waals surface area contributed by atoms with Crippen molar-refractivity contribution in [2.24, 2.45) is 0 Å². The summed E-state index contributed by atoms with van der Waals surface area (Å²) < 4.78 is 0. The minimum Gasteiger partial charge on any atom is -0.388 e. The molecule has 0 spiro atoms. The van der Waals surface area contributed by atoms with Gasteiger partial charge in [0.25, 0.3) is 0 Å². The zero-order chi connectivity index (χ0) is 12.3. The summed E-state index contributed by atoms with van der Waals surface area (Å²) in [5, 5.41) is 12.6. The Balaban J connectivity index is 2.11. The zero-order valence-electron chi connectivity index (χ0n) is 9.96.